The van der Waals surface area contributed by atoms with E-state index < -0.39 is 5.82 Å². The van der Waals surface area contributed by atoms with Crippen molar-refractivity contribution in [3.8, 4) is 0 Å². The first-order valence-corrected chi connectivity index (χ1v) is 4.88. The molecule has 2 rings (SSSR count). The fraction of sp³-hybridized carbons (Fsp3) is 0.455. The molecule has 0 radical (unpaired) electrons. The highest BCUT2D eigenvalue weighted by atomic mass is 19.1. The summed E-state index contributed by atoms with van der Waals surface area (Å²) in [6.07, 6.45) is 2.37. The van der Waals surface area contributed by atoms with E-state index in [-0.39, 0.29) is 17.5 Å². The molecule has 0 aromatic heterocycles. The summed E-state index contributed by atoms with van der Waals surface area (Å²) >= 11 is 0. The first kappa shape index (κ1) is 9.44. The Kier molecular flexibility index (Phi) is 2.40. The van der Waals surface area contributed by atoms with Gasteiger partial charge in [0.05, 0.1) is 5.69 Å². The van der Waals surface area contributed by atoms with Crippen LogP contribution in [0.3, 0.4) is 0 Å². The number of benzene rings is 1. The lowest BCUT2D eigenvalue weighted by molar-refractivity contribution is 0.596. The van der Waals surface area contributed by atoms with Crippen LogP contribution in [-0.4, -0.2) is 6.04 Å². The van der Waals surface area contributed by atoms with Crippen LogP contribution in [0.15, 0.2) is 18.2 Å². The Labute approximate surface area is 82.1 Å². The maximum atomic E-state index is 13.2. The van der Waals surface area contributed by atoms with Gasteiger partial charge in [-0.25, -0.2) is 8.78 Å². The Hall–Kier alpha value is -1.12. The van der Waals surface area contributed by atoms with Gasteiger partial charge < -0.3 is 5.32 Å². The van der Waals surface area contributed by atoms with Gasteiger partial charge in [-0.05, 0) is 43.9 Å². The molecule has 1 aromatic carbocycles. The predicted octanol–water partition coefficient (Wildman–Crippen LogP) is 3.18. The number of halogens is 2. The zero-order valence-corrected chi connectivity index (χ0v) is 8.06. The van der Waals surface area contributed by atoms with Crippen LogP contribution < -0.4 is 5.32 Å². The first-order chi connectivity index (χ1) is 6.66. The summed E-state index contributed by atoms with van der Waals surface area (Å²) < 4.78 is 26.0. The molecule has 1 aliphatic carbocycles. The van der Waals surface area contributed by atoms with Crippen molar-refractivity contribution in [1.29, 1.82) is 0 Å². The molecule has 1 saturated carbocycles. The van der Waals surface area contributed by atoms with E-state index in [1.54, 1.807) is 0 Å². The lowest BCUT2D eigenvalue weighted by Gasteiger charge is -2.14. The van der Waals surface area contributed by atoms with Crippen molar-refractivity contribution in [2.75, 3.05) is 5.32 Å². The molecular weight excluding hydrogens is 184 g/mol. The van der Waals surface area contributed by atoms with Gasteiger partial charge in [0.2, 0.25) is 0 Å². The van der Waals surface area contributed by atoms with E-state index in [2.05, 4.69) is 5.32 Å². The van der Waals surface area contributed by atoms with Crippen molar-refractivity contribution in [1.82, 2.24) is 0 Å². The number of nitrogens with one attached hydrogen (secondary N) is 1. The molecule has 1 nitrogen and oxygen atoms in total. The Bertz CT molecular complexity index is 334. The highest BCUT2D eigenvalue weighted by molar-refractivity contribution is 5.45. The van der Waals surface area contributed by atoms with E-state index in [9.17, 15) is 8.78 Å². The van der Waals surface area contributed by atoms with Crippen molar-refractivity contribution < 1.29 is 8.78 Å². The molecule has 3 heteroatoms. The van der Waals surface area contributed by atoms with E-state index in [0.29, 0.717) is 5.92 Å². The number of rotatable bonds is 3. The minimum Gasteiger partial charge on any atom is -0.380 e. The maximum Gasteiger partial charge on any atom is 0.146 e. The van der Waals surface area contributed by atoms with Gasteiger partial charge in [-0.15, -0.1) is 0 Å². The third kappa shape index (κ3) is 2.03. The predicted molar refractivity (Wildman–Crippen MR) is 52.2 cm³/mol. The lowest BCUT2D eigenvalue weighted by atomic mass is 10.2. The Balaban J connectivity index is 2.10. The molecule has 0 unspecified atom stereocenters. The third-order valence-corrected chi connectivity index (χ3v) is 2.64. The molecule has 1 aliphatic rings. The fourth-order valence-corrected chi connectivity index (χ4v) is 1.57. The summed E-state index contributed by atoms with van der Waals surface area (Å²) in [6.45, 7) is 2.00. The minimum absolute atomic E-state index is 0.228. The molecule has 0 spiro atoms. The summed E-state index contributed by atoms with van der Waals surface area (Å²) in [7, 11) is 0. The van der Waals surface area contributed by atoms with E-state index in [0.717, 1.165) is 12.1 Å². The van der Waals surface area contributed by atoms with Crippen LogP contribution in [0.2, 0.25) is 0 Å². The molecule has 0 bridgehead atoms. The molecular formula is C11H13F2N. The standard InChI is InChI=1S/C11H13F2N/c1-7(8-2-3-8)14-11-6-9(12)4-5-10(11)13/h4-8,14H,2-3H2,1H3/t7-/m0/s1. The minimum atomic E-state index is -0.406. The van der Waals surface area contributed by atoms with Gasteiger partial charge in [0.25, 0.3) is 0 Å². The van der Waals surface area contributed by atoms with Crippen molar-refractivity contribution in [2.24, 2.45) is 5.92 Å². The Morgan fingerprint density at radius 1 is 1.36 bits per heavy atom. The number of anilines is 1. The summed E-state index contributed by atoms with van der Waals surface area (Å²) in [4.78, 5) is 0. The highest BCUT2D eigenvalue weighted by Gasteiger charge is 2.28. The van der Waals surface area contributed by atoms with Crippen LogP contribution in [-0.2, 0) is 0 Å². The molecule has 76 valence electrons. The second-order valence-electron chi connectivity index (χ2n) is 3.89. The highest BCUT2D eigenvalue weighted by Crippen LogP contribution is 2.34. The van der Waals surface area contributed by atoms with Gasteiger partial charge in [0.15, 0.2) is 0 Å². The summed E-state index contributed by atoms with van der Waals surface area (Å²) in [5.74, 6) is -0.173. The van der Waals surface area contributed by atoms with Crippen LogP contribution in [0, 0.1) is 17.6 Å². The second-order valence-corrected chi connectivity index (χ2v) is 3.89. The molecule has 0 aliphatic heterocycles. The average molecular weight is 197 g/mol. The average Bonchev–Trinajstić information content (AvgIpc) is 2.94. The van der Waals surface area contributed by atoms with Crippen LogP contribution in [0.4, 0.5) is 14.5 Å². The molecule has 1 fully saturated rings. The molecule has 14 heavy (non-hydrogen) atoms. The molecule has 0 saturated heterocycles. The quantitative estimate of drug-likeness (QED) is 0.784. The summed E-state index contributed by atoms with van der Waals surface area (Å²) in [5, 5.41) is 3.00. The Morgan fingerprint density at radius 3 is 2.71 bits per heavy atom. The second kappa shape index (κ2) is 3.56. The molecule has 1 N–H and O–H groups in total. The smallest absolute Gasteiger partial charge is 0.146 e. The van der Waals surface area contributed by atoms with Crippen LogP contribution >= 0.6 is 0 Å². The first-order valence-electron chi connectivity index (χ1n) is 4.88. The van der Waals surface area contributed by atoms with Crippen molar-refractivity contribution in [2.45, 2.75) is 25.8 Å². The molecule has 0 amide bonds. The van der Waals surface area contributed by atoms with E-state index in [1.165, 1.54) is 18.9 Å². The summed E-state index contributed by atoms with van der Waals surface area (Å²) in [6, 6.07) is 3.71. The van der Waals surface area contributed by atoms with Gasteiger partial charge in [-0.1, -0.05) is 0 Å². The molecule has 1 atom stereocenters. The zero-order chi connectivity index (χ0) is 10.1. The lowest BCUT2D eigenvalue weighted by Crippen LogP contribution is -2.18. The van der Waals surface area contributed by atoms with Gasteiger partial charge in [-0.2, -0.15) is 0 Å². The maximum absolute atomic E-state index is 13.2. The SMILES string of the molecule is C[C@H](Nc1cc(F)ccc1F)C1CC1. The van der Waals surface area contributed by atoms with Crippen LogP contribution in [0.5, 0.6) is 0 Å². The van der Waals surface area contributed by atoms with Crippen molar-refractivity contribution >= 4 is 5.69 Å². The third-order valence-electron chi connectivity index (χ3n) is 2.64. The van der Waals surface area contributed by atoms with E-state index in [1.807, 2.05) is 6.92 Å². The normalized spacial score (nSPS) is 17.9. The topological polar surface area (TPSA) is 12.0 Å². The van der Waals surface area contributed by atoms with Crippen molar-refractivity contribution in [3.63, 3.8) is 0 Å². The zero-order valence-electron chi connectivity index (χ0n) is 8.06. The van der Waals surface area contributed by atoms with Gasteiger partial charge in [0, 0.05) is 6.04 Å². The van der Waals surface area contributed by atoms with E-state index >= 15 is 0 Å². The number of hydrogen-bond donors (Lipinski definition) is 1. The van der Waals surface area contributed by atoms with Gasteiger partial charge >= 0.3 is 0 Å². The van der Waals surface area contributed by atoms with Crippen LogP contribution in [0.25, 0.3) is 0 Å². The summed E-state index contributed by atoms with van der Waals surface area (Å²) in [5.41, 5.74) is 0.268. The van der Waals surface area contributed by atoms with Gasteiger partial charge in [-0.3, -0.25) is 0 Å². The van der Waals surface area contributed by atoms with Crippen molar-refractivity contribution in [3.05, 3.63) is 29.8 Å². The largest absolute Gasteiger partial charge is 0.380 e. The number of hydrogen-bond acceptors (Lipinski definition) is 1. The van der Waals surface area contributed by atoms with Crippen LogP contribution in [0.1, 0.15) is 19.8 Å². The molecule has 1 aromatic rings. The van der Waals surface area contributed by atoms with Gasteiger partial charge in [0.1, 0.15) is 11.6 Å². The van der Waals surface area contributed by atoms with E-state index in [4.69, 9.17) is 0 Å². The Morgan fingerprint density at radius 2 is 2.07 bits per heavy atom. The molecule has 0 heterocycles. The monoisotopic (exact) mass is 197 g/mol. The fourth-order valence-electron chi connectivity index (χ4n) is 1.57.